The van der Waals surface area contributed by atoms with Crippen molar-refractivity contribution in [2.45, 2.75) is 120 Å². The fraction of sp³-hybridized carbons (Fsp3) is 0.544. The van der Waals surface area contributed by atoms with Gasteiger partial charge in [0.25, 0.3) is 5.91 Å². The molecule has 2 aromatic carbocycles. The summed E-state index contributed by atoms with van der Waals surface area (Å²) < 4.78 is 131. The predicted molar refractivity (Wildman–Crippen MR) is 287 cm³/mol. The Morgan fingerprint density at radius 1 is 0.614 bits per heavy atom. The van der Waals surface area contributed by atoms with Gasteiger partial charge in [0.2, 0.25) is 5.83 Å². The summed E-state index contributed by atoms with van der Waals surface area (Å²) in [6, 6.07) is 11.0. The lowest BCUT2D eigenvalue weighted by atomic mass is 9.94. The van der Waals surface area contributed by atoms with Crippen molar-refractivity contribution in [3.8, 4) is 12.0 Å². The number of likely N-dealkylation sites (tertiary alicyclic amines) is 2. The van der Waals surface area contributed by atoms with Gasteiger partial charge in [-0.05, 0) is 95.4 Å². The van der Waals surface area contributed by atoms with Crippen LogP contribution in [-0.2, 0) is 57.5 Å². The number of piperidine rings is 1. The van der Waals surface area contributed by atoms with Gasteiger partial charge in [-0.1, -0.05) is 49.6 Å². The summed E-state index contributed by atoms with van der Waals surface area (Å²) in [6.45, 7) is 9.17. The van der Waals surface area contributed by atoms with Crippen molar-refractivity contribution in [3.05, 3.63) is 118 Å². The van der Waals surface area contributed by atoms with Crippen molar-refractivity contribution >= 4 is 23.5 Å². The number of carboxylic acids is 1. The molecule has 6 atom stereocenters. The number of aliphatic hydroxyl groups is 2. The number of amides is 1. The van der Waals surface area contributed by atoms with Gasteiger partial charge >= 0.3 is 30.3 Å². The number of halogens is 8. The molecule has 0 aliphatic carbocycles. The number of likely N-dealkylation sites (N-methyl/N-ethyl adjacent to an activating group) is 2. The number of nitrogens with zero attached hydrogens (tertiary/aromatic N) is 9. The Bertz CT molecular complexity index is 2930. The molecule has 8 heterocycles. The molecule has 1 amide bonds. The van der Waals surface area contributed by atoms with E-state index < -0.39 is 65.3 Å². The number of ether oxygens (including phenoxy) is 4. The zero-order valence-electron chi connectivity index (χ0n) is 46.2. The first kappa shape index (κ1) is 62.5. The molecule has 83 heavy (non-hydrogen) atoms. The quantitative estimate of drug-likeness (QED) is 0.0811. The van der Waals surface area contributed by atoms with E-state index >= 15 is 0 Å². The molecule has 3 N–H and O–H groups in total. The van der Waals surface area contributed by atoms with Crippen LogP contribution in [0.15, 0.2) is 73.3 Å². The average molecular weight is 1180 g/mol. The second-order valence-electron chi connectivity index (χ2n) is 21.3. The number of aliphatic hydroxyl groups excluding tert-OH is 2. The lowest BCUT2D eigenvalue weighted by molar-refractivity contribution is -0.140. The maximum atomic E-state index is 13.8. The SMILES string of the molecule is C=C(F)C(=O)N1CCN(c2nc(OC[C@@H]3CCCN3C)nc3c2COC(c2ccccc2C(F)(F)F)C3)[C@@H](CO)C1.C=C(F)C(=O)O.CN1CCC[C@H]1COc1nc2c(c(N3CCCC[C@@H]3CO)n1)COC(c1ccccc1C(F)(F)F)C2. The molecular formula is C57H69F8N9O9. The summed E-state index contributed by atoms with van der Waals surface area (Å²) >= 11 is 0. The standard InChI is InChI=1S/C28H33F4N5O4.C26H33F3N4O3.C3H3FO2/c1-17(29)26(39)36-10-11-37(19(13-36)14-38)25-21-16-40-24(20-7-3-4-8-22(20)28(30,31)32)12-23(21)33-27(34-25)41-15-18-6-5-9-35(18)2;1-32-11-6-8-18(32)15-36-25-30-22-13-23(19-9-2-3-10-21(19)26(27,28)29)35-16-20(22)24(31-25)33-12-5-4-7-17(33)14-34;1-2(4)3(5)6/h3-4,7-8,18-19,24,38H,1,5-6,9-16H2,2H3;2-3,9-10,17-18,23,34H,4-8,11-16H2,1H3;1H2,(H,5,6)/t18-,19+,24?;17-,18+,23?;/m01./s1. The molecule has 0 saturated carbocycles. The van der Waals surface area contributed by atoms with Crippen molar-refractivity contribution in [1.82, 2.24) is 34.6 Å². The molecule has 2 unspecified atom stereocenters. The zero-order valence-corrected chi connectivity index (χ0v) is 46.2. The molecule has 4 fully saturated rings. The van der Waals surface area contributed by atoms with E-state index in [0.29, 0.717) is 41.8 Å². The molecule has 452 valence electrons. The van der Waals surface area contributed by atoms with Gasteiger partial charge in [0.15, 0.2) is 5.83 Å². The van der Waals surface area contributed by atoms with Crippen molar-refractivity contribution in [3.63, 3.8) is 0 Å². The molecule has 4 aromatic rings. The van der Waals surface area contributed by atoms with Gasteiger partial charge in [0.05, 0.1) is 73.2 Å². The van der Waals surface area contributed by atoms with Crippen molar-refractivity contribution < 1.29 is 79.0 Å². The Morgan fingerprint density at radius 3 is 1.47 bits per heavy atom. The van der Waals surface area contributed by atoms with Gasteiger partial charge in [0.1, 0.15) is 24.8 Å². The van der Waals surface area contributed by atoms with Gasteiger partial charge in [0, 0.05) is 62.2 Å². The van der Waals surface area contributed by atoms with E-state index in [1.54, 1.807) is 17.0 Å². The molecular weight excluding hydrogens is 1110 g/mol. The largest absolute Gasteiger partial charge is 0.476 e. The van der Waals surface area contributed by atoms with Crippen LogP contribution in [0.3, 0.4) is 0 Å². The minimum Gasteiger partial charge on any atom is -0.476 e. The van der Waals surface area contributed by atoms with Crippen LogP contribution in [0.2, 0.25) is 0 Å². The van der Waals surface area contributed by atoms with E-state index in [4.69, 9.17) is 29.0 Å². The van der Waals surface area contributed by atoms with Gasteiger partial charge in [-0.25, -0.2) is 9.18 Å². The number of rotatable bonds is 14. The third-order valence-electron chi connectivity index (χ3n) is 15.9. The summed E-state index contributed by atoms with van der Waals surface area (Å²) in [7, 11) is 4.08. The van der Waals surface area contributed by atoms with E-state index in [9.17, 15) is 54.9 Å². The van der Waals surface area contributed by atoms with E-state index in [0.717, 1.165) is 82.3 Å². The predicted octanol–water partition coefficient (Wildman–Crippen LogP) is 7.96. The number of fused-ring (bicyclic) bond motifs is 2. The number of piperazine rings is 1. The first-order valence-electron chi connectivity index (χ1n) is 27.5. The molecule has 10 rings (SSSR count). The van der Waals surface area contributed by atoms with Crippen LogP contribution in [-0.4, -0.2) is 166 Å². The minimum absolute atomic E-state index is 0.00424. The van der Waals surface area contributed by atoms with E-state index in [1.165, 1.54) is 29.2 Å². The molecule has 0 spiro atoms. The lowest BCUT2D eigenvalue weighted by Gasteiger charge is -2.42. The normalized spacial score (nSPS) is 23.0. The Morgan fingerprint density at radius 2 is 1.06 bits per heavy atom. The van der Waals surface area contributed by atoms with Gasteiger partial charge in [-0.15, -0.1) is 0 Å². The first-order valence-corrected chi connectivity index (χ1v) is 27.5. The Hall–Kier alpha value is -6.58. The van der Waals surface area contributed by atoms with Crippen molar-refractivity contribution in [1.29, 1.82) is 0 Å². The van der Waals surface area contributed by atoms with Crippen LogP contribution < -0.4 is 19.3 Å². The molecule has 0 bridgehead atoms. The third-order valence-corrected chi connectivity index (χ3v) is 15.9. The highest BCUT2D eigenvalue weighted by Crippen LogP contribution is 2.43. The van der Waals surface area contributed by atoms with Crippen molar-refractivity contribution in [2.24, 2.45) is 0 Å². The fourth-order valence-corrected chi connectivity index (χ4v) is 11.4. The third kappa shape index (κ3) is 15.2. The molecule has 6 aliphatic heterocycles. The highest BCUT2D eigenvalue weighted by molar-refractivity contribution is 5.90. The number of alkyl halides is 6. The molecule has 0 radical (unpaired) electrons. The Balaban J connectivity index is 0.000000199. The van der Waals surface area contributed by atoms with Gasteiger partial charge in [-0.3, -0.25) is 4.79 Å². The summed E-state index contributed by atoms with van der Waals surface area (Å²) in [4.78, 5) is 49.7. The maximum Gasteiger partial charge on any atom is 0.416 e. The summed E-state index contributed by atoms with van der Waals surface area (Å²) in [6.07, 6.45) is -3.43. The van der Waals surface area contributed by atoms with E-state index in [-0.39, 0.29) is 100 Å². The highest BCUT2D eigenvalue weighted by atomic mass is 19.4. The second-order valence-corrected chi connectivity index (χ2v) is 21.3. The van der Waals surface area contributed by atoms with E-state index in [1.807, 2.05) is 7.05 Å². The molecule has 4 saturated heterocycles. The smallest absolute Gasteiger partial charge is 0.416 e. The number of aliphatic carboxylic acids is 1. The number of carbonyl (C=O) groups excluding carboxylic acids is 1. The minimum atomic E-state index is -4.55. The molecule has 18 nitrogen and oxygen atoms in total. The fourth-order valence-electron chi connectivity index (χ4n) is 11.4. The van der Waals surface area contributed by atoms with Crippen LogP contribution >= 0.6 is 0 Å². The Labute approximate surface area is 475 Å². The number of carboxylic acid groups (broad SMARTS) is 1. The number of aromatic nitrogens is 4. The van der Waals surface area contributed by atoms with Crippen LogP contribution in [0.25, 0.3) is 0 Å². The Kier molecular flexibility index (Phi) is 20.6. The summed E-state index contributed by atoms with van der Waals surface area (Å²) in [5.74, 6) is -3.77. The van der Waals surface area contributed by atoms with Gasteiger partial charge < -0.3 is 58.8 Å². The summed E-state index contributed by atoms with van der Waals surface area (Å²) in [5, 5.41) is 27.7. The lowest BCUT2D eigenvalue weighted by Crippen LogP contribution is -2.57. The van der Waals surface area contributed by atoms with Crippen LogP contribution in [0, 0.1) is 0 Å². The monoisotopic (exact) mass is 1180 g/mol. The molecule has 26 heteroatoms. The number of carbonyl (C=O) groups is 2. The van der Waals surface area contributed by atoms with Crippen molar-refractivity contribution in [2.75, 3.05) is 89.6 Å². The number of benzene rings is 2. The topological polar surface area (TPSA) is 200 Å². The van der Waals surface area contributed by atoms with Crippen LogP contribution in [0.1, 0.15) is 102 Å². The molecule has 2 aromatic heterocycles. The van der Waals surface area contributed by atoms with Gasteiger partial charge in [-0.2, -0.15) is 50.7 Å². The maximum absolute atomic E-state index is 13.8. The summed E-state index contributed by atoms with van der Waals surface area (Å²) in [5.41, 5.74) is 1.15. The number of hydrogen-bond acceptors (Lipinski definition) is 16. The first-order chi connectivity index (χ1) is 39.6. The van der Waals surface area contributed by atoms with Crippen LogP contribution in [0.5, 0.6) is 12.0 Å². The van der Waals surface area contributed by atoms with Crippen LogP contribution in [0.4, 0.5) is 46.8 Å². The zero-order chi connectivity index (χ0) is 59.8. The highest BCUT2D eigenvalue weighted by Gasteiger charge is 2.41. The molecule has 6 aliphatic rings. The van der Waals surface area contributed by atoms with E-state index in [2.05, 4.69) is 49.9 Å². The second kappa shape index (κ2) is 27.4. The number of hydrogen-bond donors (Lipinski definition) is 3. The average Bonchev–Trinajstić information content (AvgIpc) is 3.34. The number of anilines is 2.